The van der Waals surface area contributed by atoms with Gasteiger partial charge in [0.1, 0.15) is 0 Å². The van der Waals surface area contributed by atoms with E-state index in [1.54, 1.807) is 24.3 Å². The van der Waals surface area contributed by atoms with Crippen LogP contribution in [0.1, 0.15) is 10.4 Å². The maximum absolute atomic E-state index is 11.8. The Hall–Kier alpha value is -2.05. The molecule has 0 atom stereocenters. The van der Waals surface area contributed by atoms with Crippen LogP contribution in [0.25, 0.3) is 0 Å². The number of rotatable bonds is 3. The third-order valence-electron chi connectivity index (χ3n) is 2.56. The fourth-order valence-corrected chi connectivity index (χ4v) is 2.12. The Kier molecular flexibility index (Phi) is 4.82. The van der Waals surface area contributed by atoms with Crippen LogP contribution in [0.15, 0.2) is 46.9 Å². The minimum atomic E-state index is -1.12. The van der Waals surface area contributed by atoms with E-state index in [1.807, 2.05) is 0 Å². The maximum atomic E-state index is 11.8. The number of halogens is 2. The van der Waals surface area contributed by atoms with Crippen molar-refractivity contribution in [3.05, 3.63) is 57.5 Å². The van der Waals surface area contributed by atoms with Crippen molar-refractivity contribution in [3.8, 4) is 0 Å². The van der Waals surface area contributed by atoms with Crippen molar-refractivity contribution < 1.29 is 14.7 Å². The Bertz CT molecular complexity index is 689. The summed E-state index contributed by atoms with van der Waals surface area (Å²) in [6.45, 7) is 0. The second kappa shape index (κ2) is 6.60. The Labute approximate surface area is 134 Å². The Morgan fingerprint density at radius 1 is 1.00 bits per heavy atom. The molecule has 2 rings (SSSR count). The monoisotopic (exact) mass is 368 g/mol. The Balaban J connectivity index is 2.04. The van der Waals surface area contributed by atoms with Crippen LogP contribution in [0.3, 0.4) is 0 Å². The first kappa shape index (κ1) is 15.3. The minimum absolute atomic E-state index is 0.0180. The first-order valence-electron chi connectivity index (χ1n) is 5.82. The summed E-state index contributed by atoms with van der Waals surface area (Å²) in [5.41, 5.74) is 1.01. The highest BCUT2D eigenvalue weighted by atomic mass is 79.9. The first-order valence-corrected chi connectivity index (χ1v) is 6.99. The average Bonchev–Trinajstić information content (AvgIpc) is 2.41. The summed E-state index contributed by atoms with van der Waals surface area (Å²) in [4.78, 5) is 22.6. The summed E-state index contributed by atoms with van der Waals surface area (Å²) in [5.74, 6) is -1.12. The molecule has 0 radical (unpaired) electrons. The SMILES string of the molecule is O=C(Nc1ccc(Br)cc1)Nc1ccc(C(=O)O)c(Cl)c1. The summed E-state index contributed by atoms with van der Waals surface area (Å²) in [6, 6.07) is 10.8. The van der Waals surface area contributed by atoms with E-state index in [0.29, 0.717) is 11.4 Å². The number of carboxylic acid groups (broad SMARTS) is 1. The van der Waals surface area contributed by atoms with E-state index in [2.05, 4.69) is 26.6 Å². The van der Waals surface area contributed by atoms with Gasteiger partial charge in [0, 0.05) is 15.8 Å². The molecule has 0 spiro atoms. The van der Waals surface area contributed by atoms with E-state index >= 15 is 0 Å². The van der Waals surface area contributed by atoms with Gasteiger partial charge in [-0.1, -0.05) is 27.5 Å². The molecule has 0 bridgehead atoms. The zero-order chi connectivity index (χ0) is 15.4. The van der Waals surface area contributed by atoms with E-state index in [0.717, 1.165) is 4.47 Å². The second-order valence-corrected chi connectivity index (χ2v) is 5.41. The summed E-state index contributed by atoms with van der Waals surface area (Å²) < 4.78 is 0.907. The number of anilines is 2. The predicted octanol–water partition coefficient (Wildman–Crippen LogP) is 4.44. The number of amides is 2. The molecular formula is C14H10BrClN2O3. The third kappa shape index (κ3) is 4.21. The lowest BCUT2D eigenvalue weighted by molar-refractivity contribution is 0.0697. The molecule has 5 nitrogen and oxygen atoms in total. The van der Waals surface area contributed by atoms with Crippen LogP contribution in [-0.2, 0) is 0 Å². The van der Waals surface area contributed by atoms with Gasteiger partial charge in [0.05, 0.1) is 10.6 Å². The van der Waals surface area contributed by atoms with Gasteiger partial charge in [-0.2, -0.15) is 0 Å². The molecule has 0 saturated heterocycles. The maximum Gasteiger partial charge on any atom is 0.337 e. The van der Waals surface area contributed by atoms with Crippen LogP contribution in [0.2, 0.25) is 5.02 Å². The van der Waals surface area contributed by atoms with Crippen LogP contribution >= 0.6 is 27.5 Å². The molecule has 0 aromatic heterocycles. The molecule has 7 heteroatoms. The molecule has 0 saturated carbocycles. The number of carbonyl (C=O) groups excluding carboxylic acids is 1. The molecule has 0 heterocycles. The van der Waals surface area contributed by atoms with Crippen molar-refractivity contribution in [2.45, 2.75) is 0 Å². The summed E-state index contributed by atoms with van der Waals surface area (Å²) in [6.07, 6.45) is 0. The molecule has 0 aliphatic carbocycles. The molecule has 3 N–H and O–H groups in total. The molecule has 108 valence electrons. The topological polar surface area (TPSA) is 78.4 Å². The molecule has 0 fully saturated rings. The zero-order valence-corrected chi connectivity index (χ0v) is 12.9. The van der Waals surface area contributed by atoms with Crippen LogP contribution in [0, 0.1) is 0 Å². The van der Waals surface area contributed by atoms with Gasteiger partial charge in [0.15, 0.2) is 0 Å². The largest absolute Gasteiger partial charge is 0.478 e. The number of hydrogen-bond acceptors (Lipinski definition) is 2. The lowest BCUT2D eigenvalue weighted by Crippen LogP contribution is -2.19. The zero-order valence-electron chi connectivity index (χ0n) is 10.6. The molecule has 21 heavy (non-hydrogen) atoms. The van der Waals surface area contributed by atoms with Gasteiger partial charge in [-0.15, -0.1) is 0 Å². The lowest BCUT2D eigenvalue weighted by Gasteiger charge is -2.09. The van der Waals surface area contributed by atoms with E-state index in [9.17, 15) is 9.59 Å². The summed E-state index contributed by atoms with van der Waals surface area (Å²) in [5, 5.41) is 14.1. The fraction of sp³-hybridized carbons (Fsp3) is 0. The molecule has 0 aliphatic heterocycles. The van der Waals surface area contributed by atoms with Crippen LogP contribution in [0.5, 0.6) is 0 Å². The van der Waals surface area contributed by atoms with Gasteiger partial charge in [0.25, 0.3) is 0 Å². The highest BCUT2D eigenvalue weighted by molar-refractivity contribution is 9.10. The van der Waals surface area contributed by atoms with Crippen molar-refractivity contribution in [3.63, 3.8) is 0 Å². The van der Waals surface area contributed by atoms with Gasteiger partial charge in [-0.25, -0.2) is 9.59 Å². The van der Waals surface area contributed by atoms with Gasteiger partial charge >= 0.3 is 12.0 Å². The highest BCUT2D eigenvalue weighted by Crippen LogP contribution is 2.21. The number of hydrogen-bond donors (Lipinski definition) is 3. The standard InChI is InChI=1S/C14H10BrClN2O3/c15-8-1-3-9(4-2-8)17-14(21)18-10-5-6-11(13(19)20)12(16)7-10/h1-7H,(H,19,20)(H2,17,18,21). The van der Waals surface area contributed by atoms with Crippen molar-refractivity contribution in [2.75, 3.05) is 10.6 Å². The Morgan fingerprint density at radius 2 is 1.57 bits per heavy atom. The highest BCUT2D eigenvalue weighted by Gasteiger charge is 2.10. The number of benzene rings is 2. The first-order chi connectivity index (χ1) is 9.95. The minimum Gasteiger partial charge on any atom is -0.478 e. The van der Waals surface area contributed by atoms with Gasteiger partial charge in [0.2, 0.25) is 0 Å². The number of carbonyl (C=O) groups is 2. The molecule has 0 aliphatic rings. The Morgan fingerprint density at radius 3 is 2.14 bits per heavy atom. The van der Waals surface area contributed by atoms with Crippen molar-refractivity contribution >= 4 is 50.9 Å². The quantitative estimate of drug-likeness (QED) is 0.748. The number of nitrogens with one attached hydrogen (secondary N) is 2. The molecular weight excluding hydrogens is 360 g/mol. The summed E-state index contributed by atoms with van der Waals surface area (Å²) in [7, 11) is 0. The van der Waals surface area contributed by atoms with Crippen molar-refractivity contribution in [1.82, 2.24) is 0 Å². The molecule has 2 aromatic rings. The van der Waals surface area contributed by atoms with Gasteiger partial charge in [-0.3, -0.25) is 0 Å². The smallest absolute Gasteiger partial charge is 0.337 e. The average molecular weight is 370 g/mol. The lowest BCUT2D eigenvalue weighted by atomic mass is 10.2. The van der Waals surface area contributed by atoms with Crippen LogP contribution in [-0.4, -0.2) is 17.1 Å². The van der Waals surface area contributed by atoms with E-state index in [1.165, 1.54) is 18.2 Å². The van der Waals surface area contributed by atoms with Crippen molar-refractivity contribution in [2.24, 2.45) is 0 Å². The summed E-state index contributed by atoms with van der Waals surface area (Å²) >= 11 is 9.13. The number of carboxylic acids is 1. The number of aromatic carboxylic acids is 1. The van der Waals surface area contributed by atoms with Crippen LogP contribution < -0.4 is 10.6 Å². The van der Waals surface area contributed by atoms with E-state index < -0.39 is 12.0 Å². The van der Waals surface area contributed by atoms with Crippen molar-refractivity contribution in [1.29, 1.82) is 0 Å². The van der Waals surface area contributed by atoms with Crippen LogP contribution in [0.4, 0.5) is 16.2 Å². The van der Waals surface area contributed by atoms with Gasteiger partial charge in [-0.05, 0) is 42.5 Å². The van der Waals surface area contributed by atoms with E-state index in [4.69, 9.17) is 16.7 Å². The molecule has 0 unspecified atom stereocenters. The molecule has 2 amide bonds. The fourth-order valence-electron chi connectivity index (χ4n) is 1.59. The predicted molar refractivity (Wildman–Crippen MR) is 85.2 cm³/mol. The van der Waals surface area contributed by atoms with E-state index in [-0.39, 0.29) is 10.6 Å². The number of urea groups is 1. The second-order valence-electron chi connectivity index (χ2n) is 4.09. The normalized spacial score (nSPS) is 10.0. The molecule has 2 aromatic carbocycles. The van der Waals surface area contributed by atoms with Gasteiger partial charge < -0.3 is 15.7 Å². The third-order valence-corrected chi connectivity index (χ3v) is 3.40.